The highest BCUT2D eigenvalue weighted by Gasteiger charge is 2.32. The number of carbonyl (C=O) groups excluding carboxylic acids is 2. The van der Waals surface area contributed by atoms with E-state index in [1.54, 1.807) is 0 Å². The molecular formula is C24H44O4. The van der Waals surface area contributed by atoms with Gasteiger partial charge in [-0.25, -0.2) is 0 Å². The Morgan fingerprint density at radius 3 is 1.54 bits per heavy atom. The zero-order valence-corrected chi connectivity index (χ0v) is 18.5. The lowest BCUT2D eigenvalue weighted by molar-refractivity contribution is -0.155. The zero-order chi connectivity index (χ0) is 20.5. The summed E-state index contributed by atoms with van der Waals surface area (Å²) in [6, 6.07) is 0. The average molecular weight is 397 g/mol. The molecule has 0 aliphatic heterocycles. The van der Waals surface area contributed by atoms with E-state index in [0.29, 0.717) is 19.6 Å². The van der Waals surface area contributed by atoms with Gasteiger partial charge in [-0.05, 0) is 32.1 Å². The molecule has 164 valence electrons. The molecule has 0 aromatic heterocycles. The van der Waals surface area contributed by atoms with Gasteiger partial charge in [0.2, 0.25) is 0 Å². The van der Waals surface area contributed by atoms with Gasteiger partial charge in [0.1, 0.15) is 0 Å². The highest BCUT2D eigenvalue weighted by atomic mass is 16.5. The summed E-state index contributed by atoms with van der Waals surface area (Å²) >= 11 is 0. The summed E-state index contributed by atoms with van der Waals surface area (Å²) in [6.07, 6.45) is 17.7. The van der Waals surface area contributed by atoms with E-state index in [0.717, 1.165) is 51.4 Å². The molecule has 1 aliphatic carbocycles. The van der Waals surface area contributed by atoms with Gasteiger partial charge in [-0.15, -0.1) is 0 Å². The Balaban J connectivity index is 2.08. The maximum Gasteiger partial charge on any atom is 0.308 e. The molecule has 2 atom stereocenters. The minimum atomic E-state index is -0.125. The van der Waals surface area contributed by atoms with Crippen LogP contribution in [0.1, 0.15) is 117 Å². The van der Waals surface area contributed by atoms with Crippen LogP contribution in [0.25, 0.3) is 0 Å². The van der Waals surface area contributed by atoms with E-state index in [9.17, 15) is 9.59 Å². The van der Waals surface area contributed by atoms with Crippen LogP contribution in [0.5, 0.6) is 0 Å². The topological polar surface area (TPSA) is 52.6 Å². The molecule has 0 aromatic rings. The first-order chi connectivity index (χ1) is 13.7. The Kier molecular flexibility index (Phi) is 15.0. The second-order valence-corrected chi connectivity index (χ2v) is 8.43. The number of esters is 2. The first kappa shape index (κ1) is 25.0. The minimum absolute atomic E-state index is 0.108. The van der Waals surface area contributed by atoms with Crippen molar-refractivity contribution >= 4 is 11.9 Å². The van der Waals surface area contributed by atoms with Crippen LogP contribution in [-0.4, -0.2) is 25.2 Å². The predicted molar refractivity (Wildman–Crippen MR) is 114 cm³/mol. The summed E-state index contributed by atoms with van der Waals surface area (Å²) in [5.74, 6) is -0.475. The van der Waals surface area contributed by atoms with Crippen LogP contribution in [0.15, 0.2) is 0 Å². The van der Waals surface area contributed by atoms with Crippen LogP contribution in [-0.2, 0) is 19.1 Å². The number of hydrogen-bond acceptors (Lipinski definition) is 4. The predicted octanol–water partition coefficient (Wildman–Crippen LogP) is 6.60. The van der Waals surface area contributed by atoms with Gasteiger partial charge in [-0.1, -0.05) is 84.5 Å². The van der Waals surface area contributed by atoms with Crippen LogP contribution in [0.3, 0.4) is 0 Å². The van der Waals surface area contributed by atoms with E-state index in [4.69, 9.17) is 9.47 Å². The van der Waals surface area contributed by atoms with Crippen molar-refractivity contribution in [2.24, 2.45) is 11.8 Å². The Bertz CT molecular complexity index is 407. The van der Waals surface area contributed by atoms with Gasteiger partial charge in [-0.2, -0.15) is 0 Å². The zero-order valence-electron chi connectivity index (χ0n) is 18.5. The Labute approximate surface area is 173 Å². The monoisotopic (exact) mass is 396 g/mol. The lowest BCUT2D eigenvalue weighted by Crippen LogP contribution is -2.30. The van der Waals surface area contributed by atoms with E-state index in [2.05, 4.69) is 13.8 Å². The number of hydrogen-bond donors (Lipinski definition) is 0. The molecule has 0 saturated heterocycles. The first-order valence-corrected chi connectivity index (χ1v) is 12.0. The molecule has 0 bridgehead atoms. The Morgan fingerprint density at radius 2 is 1.04 bits per heavy atom. The molecule has 0 heterocycles. The number of ether oxygens (including phenoxy) is 2. The van der Waals surface area contributed by atoms with Gasteiger partial charge < -0.3 is 9.47 Å². The van der Waals surface area contributed by atoms with Gasteiger partial charge in [0.25, 0.3) is 0 Å². The maximum atomic E-state index is 12.3. The summed E-state index contributed by atoms with van der Waals surface area (Å²) in [6.45, 7) is 5.41. The fourth-order valence-electron chi connectivity index (χ4n) is 3.96. The molecule has 1 saturated carbocycles. The van der Waals surface area contributed by atoms with Crippen molar-refractivity contribution in [1.29, 1.82) is 0 Å². The summed E-state index contributed by atoms with van der Waals surface area (Å²) < 4.78 is 10.9. The normalized spacial score (nSPS) is 19.4. The Hall–Kier alpha value is -1.06. The third kappa shape index (κ3) is 11.7. The Morgan fingerprint density at radius 1 is 0.643 bits per heavy atom. The van der Waals surface area contributed by atoms with Gasteiger partial charge in [-0.3, -0.25) is 9.59 Å². The largest absolute Gasteiger partial charge is 0.465 e. The molecule has 1 aliphatic rings. The fraction of sp³-hybridized carbons (Fsp3) is 0.917. The third-order valence-corrected chi connectivity index (χ3v) is 5.83. The molecule has 4 nitrogen and oxygen atoms in total. The molecule has 4 heteroatoms. The van der Waals surface area contributed by atoms with E-state index >= 15 is 0 Å². The van der Waals surface area contributed by atoms with Crippen molar-refractivity contribution in [1.82, 2.24) is 0 Å². The second kappa shape index (κ2) is 16.9. The minimum Gasteiger partial charge on any atom is -0.465 e. The molecular weight excluding hydrogens is 352 g/mol. The summed E-state index contributed by atoms with van der Waals surface area (Å²) in [5.41, 5.74) is 0. The lowest BCUT2D eigenvalue weighted by atomic mass is 9.81. The van der Waals surface area contributed by atoms with Gasteiger partial charge in [0, 0.05) is 0 Å². The molecule has 0 amide bonds. The summed E-state index contributed by atoms with van der Waals surface area (Å²) in [4.78, 5) is 24.5. The quantitative estimate of drug-likeness (QED) is 0.218. The summed E-state index contributed by atoms with van der Waals surface area (Å²) in [5, 5.41) is 0. The van der Waals surface area contributed by atoms with Crippen molar-refractivity contribution in [3.05, 3.63) is 0 Å². The van der Waals surface area contributed by atoms with Gasteiger partial charge in [0.15, 0.2) is 0 Å². The van der Waals surface area contributed by atoms with Crippen molar-refractivity contribution < 1.29 is 19.1 Å². The van der Waals surface area contributed by atoms with Crippen LogP contribution >= 0.6 is 0 Å². The molecule has 0 radical (unpaired) electrons. The second-order valence-electron chi connectivity index (χ2n) is 8.43. The smallest absolute Gasteiger partial charge is 0.308 e. The van der Waals surface area contributed by atoms with E-state index in [-0.39, 0.29) is 23.8 Å². The van der Waals surface area contributed by atoms with E-state index in [1.165, 1.54) is 44.9 Å². The molecule has 28 heavy (non-hydrogen) atoms. The number of unbranched alkanes of at least 4 members (excludes halogenated alkanes) is 10. The highest BCUT2D eigenvalue weighted by Crippen LogP contribution is 2.31. The van der Waals surface area contributed by atoms with Crippen molar-refractivity contribution in [2.45, 2.75) is 117 Å². The molecule has 0 N–H and O–H groups in total. The lowest BCUT2D eigenvalue weighted by Gasteiger charge is -2.26. The van der Waals surface area contributed by atoms with E-state index < -0.39 is 0 Å². The number of carbonyl (C=O) groups is 2. The molecule has 2 unspecified atom stereocenters. The third-order valence-electron chi connectivity index (χ3n) is 5.83. The molecule has 0 aromatic carbocycles. The SMILES string of the molecule is CCCCCCCCCCCOC(=O)C1CCCC(C(=O)OCCCCC)C1. The summed E-state index contributed by atoms with van der Waals surface area (Å²) in [7, 11) is 0. The standard InChI is InChI=1S/C24H44O4/c1-3-5-7-8-9-10-11-12-14-19-28-24(26)22-17-15-16-21(20-22)23(25)27-18-13-6-4-2/h21-22H,3-20H2,1-2H3. The van der Waals surface area contributed by atoms with Crippen molar-refractivity contribution in [2.75, 3.05) is 13.2 Å². The molecule has 0 spiro atoms. The van der Waals surface area contributed by atoms with Crippen molar-refractivity contribution in [3.8, 4) is 0 Å². The van der Waals surface area contributed by atoms with Crippen LogP contribution in [0, 0.1) is 11.8 Å². The van der Waals surface area contributed by atoms with Crippen molar-refractivity contribution in [3.63, 3.8) is 0 Å². The van der Waals surface area contributed by atoms with E-state index in [1.807, 2.05) is 0 Å². The first-order valence-electron chi connectivity index (χ1n) is 12.0. The van der Waals surface area contributed by atoms with Crippen LogP contribution < -0.4 is 0 Å². The van der Waals surface area contributed by atoms with Crippen LogP contribution in [0.2, 0.25) is 0 Å². The number of rotatable bonds is 16. The van der Waals surface area contributed by atoms with Gasteiger partial charge >= 0.3 is 11.9 Å². The molecule has 1 fully saturated rings. The maximum absolute atomic E-state index is 12.3. The van der Waals surface area contributed by atoms with Crippen LogP contribution in [0.4, 0.5) is 0 Å². The van der Waals surface area contributed by atoms with Gasteiger partial charge in [0.05, 0.1) is 25.0 Å². The average Bonchev–Trinajstić information content (AvgIpc) is 2.72. The highest BCUT2D eigenvalue weighted by molar-refractivity contribution is 5.76. The fourth-order valence-corrected chi connectivity index (χ4v) is 3.96. The molecule has 1 rings (SSSR count).